The maximum absolute atomic E-state index is 11.7. The van der Waals surface area contributed by atoms with Gasteiger partial charge < -0.3 is 15.4 Å². The molecule has 2 unspecified atom stereocenters. The van der Waals surface area contributed by atoms with Gasteiger partial charge in [0.25, 0.3) is 5.91 Å². The average molecular weight is 236 g/mol. The number of H-pyrrole nitrogens is 1. The second kappa shape index (κ2) is 5.14. The Balaban J connectivity index is 1.87. The van der Waals surface area contributed by atoms with E-state index in [0.29, 0.717) is 18.0 Å². The Morgan fingerprint density at radius 2 is 2.35 bits per heavy atom. The fourth-order valence-electron chi connectivity index (χ4n) is 2.16. The Labute approximate surface area is 98.9 Å². The molecule has 3 N–H and O–H groups in total. The third kappa shape index (κ3) is 3.17. The van der Waals surface area contributed by atoms with Crippen LogP contribution >= 0.6 is 0 Å². The van der Waals surface area contributed by atoms with Gasteiger partial charge in [-0.1, -0.05) is 0 Å². The van der Waals surface area contributed by atoms with E-state index in [-0.39, 0.29) is 17.6 Å². The molecule has 1 amide bonds. The van der Waals surface area contributed by atoms with Crippen molar-refractivity contribution < 1.29 is 9.90 Å². The average Bonchev–Trinajstić information content (AvgIpc) is 2.72. The van der Waals surface area contributed by atoms with E-state index in [2.05, 4.69) is 10.3 Å². The van der Waals surface area contributed by atoms with Gasteiger partial charge in [0.2, 0.25) is 5.56 Å². The Bertz CT molecular complexity index is 455. The van der Waals surface area contributed by atoms with Crippen molar-refractivity contribution in [1.29, 1.82) is 0 Å². The van der Waals surface area contributed by atoms with Gasteiger partial charge in [0, 0.05) is 24.4 Å². The molecular weight excluding hydrogens is 220 g/mol. The van der Waals surface area contributed by atoms with Gasteiger partial charge in [-0.25, -0.2) is 0 Å². The third-order valence-electron chi connectivity index (χ3n) is 3.10. The molecule has 1 aromatic rings. The molecule has 0 saturated heterocycles. The van der Waals surface area contributed by atoms with Crippen LogP contribution < -0.4 is 10.9 Å². The molecule has 1 heterocycles. The van der Waals surface area contributed by atoms with Crippen LogP contribution in [0.1, 0.15) is 29.6 Å². The maximum atomic E-state index is 11.7. The van der Waals surface area contributed by atoms with Crippen LogP contribution in [0.15, 0.2) is 23.1 Å². The fourth-order valence-corrected chi connectivity index (χ4v) is 2.16. The number of carbonyl (C=O) groups excluding carboxylic acids is 1. The first-order valence-corrected chi connectivity index (χ1v) is 5.80. The summed E-state index contributed by atoms with van der Waals surface area (Å²) >= 11 is 0. The molecule has 1 saturated carbocycles. The minimum atomic E-state index is -0.283. The largest absolute Gasteiger partial charge is 0.393 e. The first-order chi connectivity index (χ1) is 8.15. The lowest BCUT2D eigenvalue weighted by Gasteiger charge is -2.10. The summed E-state index contributed by atoms with van der Waals surface area (Å²) in [6, 6.07) is 2.85. The lowest BCUT2D eigenvalue weighted by Crippen LogP contribution is -2.29. The lowest BCUT2D eigenvalue weighted by atomic mass is 10.1. The Morgan fingerprint density at radius 1 is 1.53 bits per heavy atom. The van der Waals surface area contributed by atoms with Crippen molar-refractivity contribution in [1.82, 2.24) is 10.3 Å². The number of aromatic amines is 1. The monoisotopic (exact) mass is 236 g/mol. The van der Waals surface area contributed by atoms with Crippen LogP contribution in [0.5, 0.6) is 0 Å². The molecule has 5 heteroatoms. The maximum Gasteiger partial charge on any atom is 0.251 e. The molecule has 0 aromatic carbocycles. The summed E-state index contributed by atoms with van der Waals surface area (Å²) in [6.45, 7) is 0.558. The van der Waals surface area contributed by atoms with E-state index >= 15 is 0 Å². The molecule has 0 bridgehead atoms. The molecule has 1 aliphatic rings. The standard InChI is InChI=1S/C12H16N2O3/c15-10-2-1-8(5-10)7-14-12(17)9-3-4-13-11(16)6-9/h3-4,6,8,10,15H,1-2,5,7H2,(H,13,16)(H,14,17). The summed E-state index contributed by atoms with van der Waals surface area (Å²) in [5.41, 5.74) is 0.0845. The predicted molar refractivity (Wildman–Crippen MR) is 62.7 cm³/mol. The second-order valence-corrected chi connectivity index (χ2v) is 4.48. The number of carbonyl (C=O) groups is 1. The van der Waals surface area contributed by atoms with E-state index in [1.165, 1.54) is 12.3 Å². The first-order valence-electron chi connectivity index (χ1n) is 5.80. The summed E-state index contributed by atoms with van der Waals surface area (Å²) in [6.07, 6.45) is 3.73. The van der Waals surface area contributed by atoms with Crippen molar-refractivity contribution in [2.45, 2.75) is 25.4 Å². The van der Waals surface area contributed by atoms with E-state index in [1.54, 1.807) is 6.07 Å². The highest BCUT2D eigenvalue weighted by Crippen LogP contribution is 2.24. The molecule has 0 aliphatic heterocycles. The van der Waals surface area contributed by atoms with Crippen LogP contribution in [0.25, 0.3) is 0 Å². The topological polar surface area (TPSA) is 82.2 Å². The minimum absolute atomic E-state index is 0.225. The van der Waals surface area contributed by atoms with E-state index < -0.39 is 0 Å². The molecule has 1 fully saturated rings. The molecule has 1 aromatic heterocycles. The van der Waals surface area contributed by atoms with Gasteiger partial charge in [0.05, 0.1) is 6.10 Å². The molecule has 2 atom stereocenters. The third-order valence-corrected chi connectivity index (χ3v) is 3.10. The molecule has 0 radical (unpaired) electrons. The van der Waals surface area contributed by atoms with Crippen LogP contribution in [0.4, 0.5) is 0 Å². The quantitative estimate of drug-likeness (QED) is 0.704. The minimum Gasteiger partial charge on any atom is -0.393 e. The van der Waals surface area contributed by atoms with Gasteiger partial charge in [0.15, 0.2) is 0 Å². The summed E-state index contributed by atoms with van der Waals surface area (Å²) in [7, 11) is 0. The Hall–Kier alpha value is -1.62. The molecule has 5 nitrogen and oxygen atoms in total. The molecule has 92 valence electrons. The molecule has 2 rings (SSSR count). The first kappa shape index (κ1) is 11.9. The summed E-state index contributed by atoms with van der Waals surface area (Å²) in [5, 5.41) is 12.1. The van der Waals surface area contributed by atoms with Crippen molar-refractivity contribution in [2.24, 2.45) is 5.92 Å². The van der Waals surface area contributed by atoms with Gasteiger partial charge in [-0.15, -0.1) is 0 Å². The van der Waals surface area contributed by atoms with Crippen molar-refractivity contribution in [3.05, 3.63) is 34.2 Å². The number of pyridine rings is 1. The highest BCUT2D eigenvalue weighted by molar-refractivity contribution is 5.93. The van der Waals surface area contributed by atoms with Crippen molar-refractivity contribution in [3.8, 4) is 0 Å². The Morgan fingerprint density at radius 3 is 3.00 bits per heavy atom. The predicted octanol–water partition coefficient (Wildman–Crippen LogP) is 0.266. The number of aliphatic hydroxyl groups excluding tert-OH is 1. The van der Waals surface area contributed by atoms with Crippen LogP contribution in [-0.4, -0.2) is 28.6 Å². The number of nitrogens with one attached hydrogen (secondary N) is 2. The van der Waals surface area contributed by atoms with E-state index in [0.717, 1.165) is 19.3 Å². The van der Waals surface area contributed by atoms with Gasteiger partial charge >= 0.3 is 0 Å². The highest BCUT2D eigenvalue weighted by Gasteiger charge is 2.23. The van der Waals surface area contributed by atoms with Gasteiger partial charge in [-0.2, -0.15) is 0 Å². The zero-order valence-corrected chi connectivity index (χ0v) is 9.48. The lowest BCUT2D eigenvalue weighted by molar-refractivity contribution is 0.0945. The summed E-state index contributed by atoms with van der Waals surface area (Å²) in [4.78, 5) is 25.2. The fraction of sp³-hybridized carbons (Fsp3) is 0.500. The summed E-state index contributed by atoms with van der Waals surface area (Å²) < 4.78 is 0. The number of aliphatic hydroxyl groups is 1. The summed E-state index contributed by atoms with van der Waals surface area (Å²) in [5.74, 6) is 0.105. The highest BCUT2D eigenvalue weighted by atomic mass is 16.3. The number of rotatable bonds is 3. The van der Waals surface area contributed by atoms with Crippen LogP contribution in [-0.2, 0) is 0 Å². The van der Waals surface area contributed by atoms with E-state index in [1.807, 2.05) is 0 Å². The number of hydrogen-bond acceptors (Lipinski definition) is 3. The van der Waals surface area contributed by atoms with Crippen molar-refractivity contribution >= 4 is 5.91 Å². The zero-order chi connectivity index (χ0) is 12.3. The van der Waals surface area contributed by atoms with E-state index in [9.17, 15) is 14.7 Å². The normalized spacial score (nSPS) is 23.6. The zero-order valence-electron chi connectivity index (χ0n) is 9.48. The van der Waals surface area contributed by atoms with Gasteiger partial charge in [-0.05, 0) is 31.2 Å². The van der Waals surface area contributed by atoms with Crippen molar-refractivity contribution in [3.63, 3.8) is 0 Å². The van der Waals surface area contributed by atoms with Crippen LogP contribution in [0.2, 0.25) is 0 Å². The van der Waals surface area contributed by atoms with Gasteiger partial charge in [0.1, 0.15) is 0 Å². The molecular formula is C12H16N2O3. The van der Waals surface area contributed by atoms with Crippen molar-refractivity contribution in [2.75, 3.05) is 6.54 Å². The number of hydrogen-bond donors (Lipinski definition) is 3. The number of amides is 1. The molecule has 0 spiro atoms. The van der Waals surface area contributed by atoms with E-state index in [4.69, 9.17) is 0 Å². The number of aromatic nitrogens is 1. The molecule has 17 heavy (non-hydrogen) atoms. The second-order valence-electron chi connectivity index (χ2n) is 4.48. The van der Waals surface area contributed by atoms with Gasteiger partial charge in [-0.3, -0.25) is 9.59 Å². The van der Waals surface area contributed by atoms with Crippen LogP contribution in [0, 0.1) is 5.92 Å². The smallest absolute Gasteiger partial charge is 0.251 e. The van der Waals surface area contributed by atoms with Crippen LogP contribution in [0.3, 0.4) is 0 Å². The SMILES string of the molecule is O=C(NCC1CCC(O)C1)c1cc[nH]c(=O)c1. The Kier molecular flexibility index (Phi) is 3.58. The molecule has 1 aliphatic carbocycles.